The van der Waals surface area contributed by atoms with Crippen molar-refractivity contribution in [2.75, 3.05) is 12.3 Å². The summed E-state index contributed by atoms with van der Waals surface area (Å²) >= 11 is 1.44. The van der Waals surface area contributed by atoms with Crippen LogP contribution in [0.3, 0.4) is 0 Å². The van der Waals surface area contributed by atoms with Gasteiger partial charge in [-0.25, -0.2) is 4.98 Å². The van der Waals surface area contributed by atoms with Gasteiger partial charge in [-0.3, -0.25) is 4.79 Å². The molecule has 1 amide bonds. The zero-order valence-corrected chi connectivity index (χ0v) is 11.6. The SMILES string of the molecule is Nc1ccc(C(F)(F)F)cc1C(=O)NCCc1nccs1. The molecule has 21 heavy (non-hydrogen) atoms. The lowest BCUT2D eigenvalue weighted by Crippen LogP contribution is -2.27. The molecule has 0 fully saturated rings. The fourth-order valence-corrected chi connectivity index (χ4v) is 2.30. The number of rotatable bonds is 4. The Morgan fingerprint density at radius 2 is 2.14 bits per heavy atom. The van der Waals surface area contributed by atoms with Gasteiger partial charge in [-0.05, 0) is 18.2 Å². The minimum absolute atomic E-state index is 0.00903. The number of benzene rings is 1. The molecule has 0 atom stereocenters. The summed E-state index contributed by atoms with van der Waals surface area (Å²) in [7, 11) is 0. The molecule has 0 aliphatic carbocycles. The quantitative estimate of drug-likeness (QED) is 0.853. The highest BCUT2D eigenvalue weighted by Crippen LogP contribution is 2.31. The van der Waals surface area contributed by atoms with Crippen LogP contribution in [0.15, 0.2) is 29.8 Å². The number of alkyl halides is 3. The lowest BCUT2D eigenvalue weighted by atomic mass is 10.1. The number of nitrogens with zero attached hydrogens (tertiary/aromatic N) is 1. The average molecular weight is 315 g/mol. The molecular weight excluding hydrogens is 303 g/mol. The van der Waals surface area contributed by atoms with E-state index >= 15 is 0 Å². The third-order valence-electron chi connectivity index (χ3n) is 2.73. The second kappa shape index (κ2) is 6.13. The average Bonchev–Trinajstić information content (AvgIpc) is 2.91. The highest BCUT2D eigenvalue weighted by Gasteiger charge is 2.31. The molecule has 0 saturated heterocycles. The Morgan fingerprint density at radius 1 is 1.38 bits per heavy atom. The van der Waals surface area contributed by atoms with Crippen LogP contribution in [0.25, 0.3) is 0 Å². The number of thiazole rings is 1. The summed E-state index contributed by atoms with van der Waals surface area (Å²) in [6, 6.07) is 2.69. The zero-order chi connectivity index (χ0) is 15.5. The Morgan fingerprint density at radius 3 is 2.76 bits per heavy atom. The second-order valence-electron chi connectivity index (χ2n) is 4.23. The molecule has 0 spiro atoms. The maximum Gasteiger partial charge on any atom is 0.416 e. The van der Waals surface area contributed by atoms with Crippen LogP contribution in [0.1, 0.15) is 20.9 Å². The van der Waals surface area contributed by atoms with Crippen molar-refractivity contribution in [1.29, 1.82) is 0 Å². The lowest BCUT2D eigenvalue weighted by Gasteiger charge is -2.11. The number of hydrogen-bond donors (Lipinski definition) is 2. The molecule has 0 saturated carbocycles. The van der Waals surface area contributed by atoms with E-state index in [0.717, 1.165) is 23.2 Å². The normalized spacial score (nSPS) is 11.4. The third-order valence-corrected chi connectivity index (χ3v) is 3.57. The van der Waals surface area contributed by atoms with E-state index in [1.807, 2.05) is 5.38 Å². The monoisotopic (exact) mass is 315 g/mol. The van der Waals surface area contributed by atoms with Gasteiger partial charge in [-0.2, -0.15) is 13.2 Å². The first-order valence-electron chi connectivity index (χ1n) is 6.01. The standard InChI is InChI=1S/C13H12F3N3OS/c14-13(15,16)8-1-2-10(17)9(7-8)12(20)19-4-3-11-18-5-6-21-11/h1-2,5-7H,3-4,17H2,(H,19,20). The fraction of sp³-hybridized carbons (Fsp3) is 0.231. The van der Waals surface area contributed by atoms with Crippen molar-refractivity contribution in [2.45, 2.75) is 12.6 Å². The van der Waals surface area contributed by atoms with Crippen molar-refractivity contribution in [2.24, 2.45) is 0 Å². The van der Waals surface area contributed by atoms with Crippen molar-refractivity contribution >= 4 is 22.9 Å². The predicted octanol–water partition coefficient (Wildman–Crippen LogP) is 2.72. The third kappa shape index (κ3) is 3.94. The summed E-state index contributed by atoms with van der Waals surface area (Å²) in [6.45, 7) is 0.280. The predicted molar refractivity (Wildman–Crippen MR) is 74.0 cm³/mol. The van der Waals surface area contributed by atoms with Crippen LogP contribution in [0.2, 0.25) is 0 Å². The van der Waals surface area contributed by atoms with E-state index in [2.05, 4.69) is 10.3 Å². The largest absolute Gasteiger partial charge is 0.416 e. The number of nitrogen functional groups attached to an aromatic ring is 1. The first-order chi connectivity index (χ1) is 9.88. The van der Waals surface area contributed by atoms with Gasteiger partial charge >= 0.3 is 6.18 Å². The Balaban J connectivity index is 2.04. The molecule has 8 heteroatoms. The van der Waals surface area contributed by atoms with Crippen LogP contribution < -0.4 is 11.1 Å². The van der Waals surface area contributed by atoms with E-state index in [1.54, 1.807) is 6.20 Å². The van der Waals surface area contributed by atoms with Gasteiger partial charge in [-0.1, -0.05) is 0 Å². The van der Waals surface area contributed by atoms with E-state index in [-0.39, 0.29) is 17.8 Å². The van der Waals surface area contributed by atoms with Crippen LogP contribution in [0.4, 0.5) is 18.9 Å². The maximum absolute atomic E-state index is 12.6. The topological polar surface area (TPSA) is 68.0 Å². The molecule has 1 aromatic heterocycles. The second-order valence-corrected chi connectivity index (χ2v) is 5.21. The summed E-state index contributed by atoms with van der Waals surface area (Å²) in [5.41, 5.74) is 4.49. The first-order valence-corrected chi connectivity index (χ1v) is 6.89. The van der Waals surface area contributed by atoms with Gasteiger partial charge in [0.2, 0.25) is 0 Å². The number of nitrogens with two attached hydrogens (primary N) is 1. The van der Waals surface area contributed by atoms with Gasteiger partial charge in [0.05, 0.1) is 16.1 Å². The number of carbonyl (C=O) groups excluding carboxylic acids is 1. The van der Waals surface area contributed by atoms with Crippen molar-refractivity contribution in [3.05, 3.63) is 45.9 Å². The molecule has 0 radical (unpaired) electrons. The van der Waals surface area contributed by atoms with Crippen LogP contribution in [-0.4, -0.2) is 17.4 Å². The number of nitrogens with one attached hydrogen (secondary N) is 1. The summed E-state index contributed by atoms with van der Waals surface area (Å²) in [4.78, 5) is 15.9. The minimum Gasteiger partial charge on any atom is -0.398 e. The Bertz CT molecular complexity index is 626. The molecule has 1 aromatic carbocycles. The fourth-order valence-electron chi connectivity index (χ4n) is 1.68. The van der Waals surface area contributed by atoms with Crippen molar-refractivity contribution in [1.82, 2.24) is 10.3 Å². The molecule has 0 aliphatic rings. The highest BCUT2D eigenvalue weighted by molar-refractivity contribution is 7.09. The van der Waals surface area contributed by atoms with E-state index in [9.17, 15) is 18.0 Å². The molecule has 2 rings (SSSR count). The van der Waals surface area contributed by atoms with Crippen LogP contribution in [0.5, 0.6) is 0 Å². The van der Waals surface area contributed by atoms with E-state index in [0.29, 0.717) is 6.42 Å². The summed E-state index contributed by atoms with van der Waals surface area (Å²) in [5.74, 6) is -0.629. The summed E-state index contributed by atoms with van der Waals surface area (Å²) in [5, 5.41) is 5.18. The van der Waals surface area contributed by atoms with Crippen molar-refractivity contribution in [3.63, 3.8) is 0 Å². The molecule has 1 heterocycles. The van der Waals surface area contributed by atoms with Gasteiger partial charge in [0.25, 0.3) is 5.91 Å². The molecule has 2 aromatic rings. The molecule has 4 nitrogen and oxygen atoms in total. The van der Waals surface area contributed by atoms with Gasteiger partial charge in [0.15, 0.2) is 0 Å². The number of aromatic nitrogens is 1. The summed E-state index contributed by atoms with van der Waals surface area (Å²) < 4.78 is 37.9. The van der Waals surface area contributed by atoms with Gasteiger partial charge in [0.1, 0.15) is 0 Å². The summed E-state index contributed by atoms with van der Waals surface area (Å²) in [6.07, 6.45) is -2.35. The van der Waals surface area contributed by atoms with Gasteiger partial charge in [0, 0.05) is 30.2 Å². The molecule has 0 bridgehead atoms. The molecule has 0 unspecified atom stereocenters. The van der Waals surface area contributed by atoms with Crippen molar-refractivity contribution in [3.8, 4) is 0 Å². The number of amides is 1. The van der Waals surface area contributed by atoms with Crippen LogP contribution >= 0.6 is 11.3 Å². The Labute approximate surface area is 122 Å². The highest BCUT2D eigenvalue weighted by atomic mass is 32.1. The molecule has 3 N–H and O–H groups in total. The van der Waals surface area contributed by atoms with E-state index in [1.165, 1.54) is 11.3 Å². The first kappa shape index (κ1) is 15.3. The smallest absolute Gasteiger partial charge is 0.398 e. The van der Waals surface area contributed by atoms with Gasteiger partial charge < -0.3 is 11.1 Å². The van der Waals surface area contributed by atoms with E-state index < -0.39 is 17.6 Å². The van der Waals surface area contributed by atoms with Gasteiger partial charge in [-0.15, -0.1) is 11.3 Å². The van der Waals surface area contributed by atoms with Crippen molar-refractivity contribution < 1.29 is 18.0 Å². The van der Waals surface area contributed by atoms with E-state index in [4.69, 9.17) is 5.73 Å². The number of carbonyl (C=O) groups is 1. The molecule has 0 aliphatic heterocycles. The lowest BCUT2D eigenvalue weighted by molar-refractivity contribution is -0.137. The Hall–Kier alpha value is -2.09. The number of halogens is 3. The maximum atomic E-state index is 12.6. The van der Waals surface area contributed by atoms with Crippen LogP contribution in [-0.2, 0) is 12.6 Å². The van der Waals surface area contributed by atoms with Crippen LogP contribution in [0, 0.1) is 0 Å². The zero-order valence-electron chi connectivity index (χ0n) is 10.8. The number of hydrogen-bond acceptors (Lipinski definition) is 4. The molecule has 112 valence electrons. The minimum atomic E-state index is -4.51. The Kier molecular flexibility index (Phi) is 4.46. The number of anilines is 1. The molecular formula is C13H12F3N3OS.